The molecular weight excluding hydrogens is 386 g/mol. The molecule has 0 aliphatic heterocycles. The van der Waals surface area contributed by atoms with Crippen LogP contribution in [0.2, 0.25) is 0 Å². The molecule has 0 unspecified atom stereocenters. The predicted octanol–water partition coefficient (Wildman–Crippen LogP) is 3.31. The quantitative estimate of drug-likeness (QED) is 0.705. The fourth-order valence-electron chi connectivity index (χ4n) is 2.38. The summed E-state index contributed by atoms with van der Waals surface area (Å²) in [6.45, 7) is 7.97. The van der Waals surface area contributed by atoms with E-state index in [1.807, 2.05) is 12.1 Å². The molecule has 0 saturated carbocycles. The van der Waals surface area contributed by atoms with Crippen LogP contribution in [0.1, 0.15) is 31.9 Å². The average Bonchev–Trinajstić information content (AvgIpc) is 2.55. The highest BCUT2D eigenvalue weighted by Gasteiger charge is 2.23. The monoisotopic (exact) mass is 411 g/mol. The highest BCUT2D eigenvalue weighted by molar-refractivity contribution is 7.89. The van der Waals surface area contributed by atoms with Gasteiger partial charge in [-0.15, -0.1) is 0 Å². The van der Waals surface area contributed by atoms with E-state index in [1.165, 1.54) is 32.3 Å². The second-order valence-corrected chi connectivity index (χ2v) is 11.2. The summed E-state index contributed by atoms with van der Waals surface area (Å²) in [5.74, 6) is 0.212. The largest absolute Gasteiger partial charge is 0.379 e. The van der Waals surface area contributed by atoms with Crippen molar-refractivity contribution in [2.24, 2.45) is 0 Å². The van der Waals surface area contributed by atoms with Crippen molar-refractivity contribution < 1.29 is 21.0 Å². The number of sulfonamides is 1. The van der Waals surface area contributed by atoms with Gasteiger partial charge in [-0.2, -0.15) is 8.42 Å². The molecule has 148 valence electrons. The van der Waals surface area contributed by atoms with Gasteiger partial charge < -0.3 is 4.18 Å². The number of rotatable bonds is 5. The Labute approximate surface area is 162 Å². The first-order chi connectivity index (χ1) is 12.2. The van der Waals surface area contributed by atoms with Crippen LogP contribution in [0.4, 0.5) is 0 Å². The van der Waals surface area contributed by atoms with E-state index in [1.54, 1.807) is 13.0 Å². The molecule has 0 radical (unpaired) electrons. The van der Waals surface area contributed by atoms with Gasteiger partial charge in [-0.05, 0) is 47.7 Å². The third-order valence-electron chi connectivity index (χ3n) is 4.11. The molecule has 0 bridgehead atoms. The molecule has 0 heterocycles. The molecule has 0 aliphatic rings. The first kappa shape index (κ1) is 21.4. The molecule has 0 atom stereocenters. The molecular formula is C19H25NO5S2. The van der Waals surface area contributed by atoms with E-state index < -0.39 is 20.1 Å². The Morgan fingerprint density at radius 2 is 1.48 bits per heavy atom. The van der Waals surface area contributed by atoms with Crippen LogP contribution in [0.25, 0.3) is 0 Å². The zero-order valence-corrected chi connectivity index (χ0v) is 18.0. The van der Waals surface area contributed by atoms with E-state index in [0.29, 0.717) is 5.56 Å². The smallest absolute Gasteiger partial charge is 0.339 e. The minimum atomic E-state index is -4.18. The molecule has 6 nitrogen and oxygen atoms in total. The summed E-state index contributed by atoms with van der Waals surface area (Å²) in [5, 5.41) is 0. The van der Waals surface area contributed by atoms with Gasteiger partial charge in [0.15, 0.2) is 0 Å². The summed E-state index contributed by atoms with van der Waals surface area (Å²) in [6, 6.07) is 10.5. The normalized spacial score (nSPS) is 13.0. The average molecular weight is 412 g/mol. The van der Waals surface area contributed by atoms with Crippen molar-refractivity contribution >= 4 is 20.1 Å². The highest BCUT2D eigenvalue weighted by atomic mass is 32.2. The maximum Gasteiger partial charge on any atom is 0.339 e. The minimum absolute atomic E-state index is 0.0724. The topological polar surface area (TPSA) is 80.8 Å². The van der Waals surface area contributed by atoms with E-state index in [2.05, 4.69) is 20.8 Å². The van der Waals surface area contributed by atoms with E-state index in [0.717, 1.165) is 15.9 Å². The van der Waals surface area contributed by atoms with E-state index in [4.69, 9.17) is 4.18 Å². The molecule has 0 aromatic heterocycles. The van der Waals surface area contributed by atoms with Crippen LogP contribution in [-0.2, 0) is 25.6 Å². The Morgan fingerprint density at radius 1 is 0.889 bits per heavy atom. The van der Waals surface area contributed by atoms with Gasteiger partial charge in [-0.25, -0.2) is 12.7 Å². The molecule has 2 aromatic rings. The molecule has 0 fully saturated rings. The van der Waals surface area contributed by atoms with Gasteiger partial charge >= 0.3 is 10.1 Å². The number of aryl methyl sites for hydroxylation is 1. The Morgan fingerprint density at radius 3 is 2.00 bits per heavy atom. The predicted molar refractivity (Wildman–Crippen MR) is 105 cm³/mol. The molecule has 2 rings (SSSR count). The minimum Gasteiger partial charge on any atom is -0.379 e. The van der Waals surface area contributed by atoms with Crippen molar-refractivity contribution in [1.29, 1.82) is 0 Å². The van der Waals surface area contributed by atoms with Gasteiger partial charge in [0, 0.05) is 14.1 Å². The molecule has 0 saturated heterocycles. The van der Waals surface area contributed by atoms with Gasteiger partial charge in [-0.3, -0.25) is 0 Å². The Bertz CT molecular complexity index is 1050. The van der Waals surface area contributed by atoms with Crippen LogP contribution in [0.3, 0.4) is 0 Å². The van der Waals surface area contributed by atoms with E-state index >= 15 is 0 Å². The van der Waals surface area contributed by atoms with E-state index in [9.17, 15) is 16.8 Å². The molecule has 0 N–H and O–H groups in total. The summed E-state index contributed by atoms with van der Waals surface area (Å²) in [7, 11) is -5.16. The number of hydrogen-bond donors (Lipinski definition) is 0. The first-order valence-electron chi connectivity index (χ1n) is 8.33. The lowest BCUT2D eigenvalue weighted by atomic mass is 9.86. The van der Waals surface area contributed by atoms with Crippen molar-refractivity contribution in [3.05, 3.63) is 53.6 Å². The number of nitrogens with zero attached hydrogens (tertiary/aromatic N) is 1. The van der Waals surface area contributed by atoms with Crippen LogP contribution in [0.15, 0.2) is 52.3 Å². The zero-order valence-electron chi connectivity index (χ0n) is 16.3. The van der Waals surface area contributed by atoms with Crippen LogP contribution < -0.4 is 4.18 Å². The molecule has 0 spiro atoms. The highest BCUT2D eigenvalue weighted by Crippen LogP contribution is 2.29. The van der Waals surface area contributed by atoms with Crippen LogP contribution in [0, 0.1) is 6.92 Å². The summed E-state index contributed by atoms with van der Waals surface area (Å²) in [5.41, 5.74) is 1.67. The van der Waals surface area contributed by atoms with Crippen LogP contribution >= 0.6 is 0 Å². The van der Waals surface area contributed by atoms with Gasteiger partial charge in [-0.1, -0.05) is 39.0 Å². The van der Waals surface area contributed by atoms with Crippen molar-refractivity contribution in [2.45, 2.75) is 42.9 Å². The van der Waals surface area contributed by atoms with Crippen molar-refractivity contribution in [2.75, 3.05) is 14.1 Å². The number of hydrogen-bond acceptors (Lipinski definition) is 5. The van der Waals surface area contributed by atoms with Gasteiger partial charge in [0.2, 0.25) is 10.0 Å². The van der Waals surface area contributed by atoms with Crippen molar-refractivity contribution in [3.8, 4) is 5.75 Å². The maximum atomic E-state index is 12.7. The fraction of sp³-hybridized carbons (Fsp3) is 0.368. The summed E-state index contributed by atoms with van der Waals surface area (Å²) in [6.07, 6.45) is 0. The summed E-state index contributed by atoms with van der Waals surface area (Å²) < 4.78 is 56.1. The molecule has 2 aromatic carbocycles. The molecule has 0 aliphatic carbocycles. The van der Waals surface area contributed by atoms with E-state index in [-0.39, 0.29) is 21.0 Å². The van der Waals surface area contributed by atoms with Crippen LogP contribution in [-0.4, -0.2) is 35.2 Å². The van der Waals surface area contributed by atoms with Gasteiger partial charge in [0.1, 0.15) is 10.6 Å². The van der Waals surface area contributed by atoms with Gasteiger partial charge in [0.05, 0.1) is 4.90 Å². The Hall–Kier alpha value is -1.90. The van der Waals surface area contributed by atoms with Gasteiger partial charge in [0.25, 0.3) is 0 Å². The third kappa shape index (κ3) is 4.69. The SMILES string of the molecule is Cc1cc(C(C)(C)C)ccc1OS(=O)(=O)c1cccc(S(=O)(=O)N(C)C)c1. The lowest BCUT2D eigenvalue weighted by Gasteiger charge is -2.20. The Kier molecular flexibility index (Phi) is 5.75. The standard InChI is InChI=1S/C19H25NO5S2/c1-14-12-15(19(2,3)4)10-11-18(14)25-27(23,24)17-9-7-8-16(13-17)26(21,22)20(5)6/h7-13H,1-6H3. The lowest BCUT2D eigenvalue weighted by Crippen LogP contribution is -2.22. The second-order valence-electron chi connectivity index (χ2n) is 7.53. The second kappa shape index (κ2) is 7.26. The first-order valence-corrected chi connectivity index (χ1v) is 11.2. The molecule has 8 heteroatoms. The van der Waals surface area contributed by atoms with Crippen LogP contribution in [0.5, 0.6) is 5.75 Å². The van der Waals surface area contributed by atoms with Crippen molar-refractivity contribution in [1.82, 2.24) is 4.31 Å². The lowest BCUT2D eigenvalue weighted by molar-refractivity contribution is 0.483. The maximum absolute atomic E-state index is 12.7. The zero-order chi connectivity index (χ0) is 20.6. The fourth-order valence-corrected chi connectivity index (χ4v) is 4.44. The molecule has 27 heavy (non-hydrogen) atoms. The summed E-state index contributed by atoms with van der Waals surface area (Å²) >= 11 is 0. The Balaban J connectivity index is 2.41. The summed E-state index contributed by atoms with van der Waals surface area (Å²) in [4.78, 5) is -0.332. The third-order valence-corrected chi connectivity index (χ3v) is 7.15. The number of benzene rings is 2. The molecule has 0 amide bonds. The van der Waals surface area contributed by atoms with Crippen molar-refractivity contribution in [3.63, 3.8) is 0 Å².